The zero-order valence-corrected chi connectivity index (χ0v) is 14.1. The van der Waals surface area contributed by atoms with Crippen LogP contribution >= 0.6 is 27.5 Å². The fraction of sp³-hybridized carbons (Fsp3) is 0.188. The SMILES string of the molecule is COc1cc(Br)cc(-n2c(CCl)nc3cc(C)ccc32)c1. The van der Waals surface area contributed by atoms with E-state index in [2.05, 4.69) is 50.6 Å². The van der Waals surface area contributed by atoms with Gasteiger partial charge in [-0.3, -0.25) is 4.57 Å². The molecular formula is C16H14BrClN2O. The van der Waals surface area contributed by atoms with Crippen LogP contribution in [0, 0.1) is 6.92 Å². The number of halogens is 2. The van der Waals surface area contributed by atoms with E-state index in [1.54, 1.807) is 7.11 Å². The number of aromatic nitrogens is 2. The van der Waals surface area contributed by atoms with Crippen molar-refractivity contribution >= 4 is 38.6 Å². The van der Waals surface area contributed by atoms with E-state index >= 15 is 0 Å². The van der Waals surface area contributed by atoms with Gasteiger partial charge in [0.25, 0.3) is 0 Å². The van der Waals surface area contributed by atoms with Gasteiger partial charge in [-0.2, -0.15) is 0 Å². The Balaban J connectivity index is 2.30. The van der Waals surface area contributed by atoms with E-state index in [0.29, 0.717) is 5.88 Å². The van der Waals surface area contributed by atoms with E-state index < -0.39 is 0 Å². The first-order chi connectivity index (χ1) is 10.1. The Morgan fingerprint density at radius 2 is 2.05 bits per heavy atom. The van der Waals surface area contributed by atoms with Crippen LogP contribution in [-0.2, 0) is 5.88 Å². The fourth-order valence-electron chi connectivity index (χ4n) is 2.41. The molecule has 108 valence electrons. The van der Waals surface area contributed by atoms with Crippen molar-refractivity contribution in [3.8, 4) is 11.4 Å². The highest BCUT2D eigenvalue weighted by molar-refractivity contribution is 9.10. The summed E-state index contributed by atoms with van der Waals surface area (Å²) < 4.78 is 8.36. The van der Waals surface area contributed by atoms with Crippen LogP contribution in [0.3, 0.4) is 0 Å². The lowest BCUT2D eigenvalue weighted by Gasteiger charge is -2.10. The van der Waals surface area contributed by atoms with Gasteiger partial charge in [-0.25, -0.2) is 4.98 Å². The molecule has 5 heteroatoms. The van der Waals surface area contributed by atoms with E-state index in [1.165, 1.54) is 5.56 Å². The van der Waals surface area contributed by atoms with Crippen molar-refractivity contribution in [3.05, 3.63) is 52.3 Å². The molecule has 2 aromatic carbocycles. The molecular weight excluding hydrogens is 352 g/mol. The van der Waals surface area contributed by atoms with Crippen molar-refractivity contribution in [2.24, 2.45) is 0 Å². The van der Waals surface area contributed by atoms with Crippen LogP contribution in [0.4, 0.5) is 0 Å². The summed E-state index contributed by atoms with van der Waals surface area (Å²) in [5.74, 6) is 1.95. The Hall–Kier alpha value is -1.52. The van der Waals surface area contributed by atoms with Crippen LogP contribution in [0.5, 0.6) is 5.75 Å². The highest BCUT2D eigenvalue weighted by Gasteiger charge is 2.13. The minimum absolute atomic E-state index is 0.350. The zero-order chi connectivity index (χ0) is 15.0. The van der Waals surface area contributed by atoms with Gasteiger partial charge in [0.15, 0.2) is 0 Å². The Labute approximate surface area is 136 Å². The summed E-state index contributed by atoms with van der Waals surface area (Å²) in [7, 11) is 1.66. The monoisotopic (exact) mass is 364 g/mol. The molecule has 3 nitrogen and oxygen atoms in total. The molecule has 0 aliphatic rings. The largest absolute Gasteiger partial charge is 0.497 e. The highest BCUT2D eigenvalue weighted by atomic mass is 79.9. The molecule has 0 amide bonds. The lowest BCUT2D eigenvalue weighted by molar-refractivity contribution is 0.414. The molecule has 0 atom stereocenters. The van der Waals surface area contributed by atoms with Crippen molar-refractivity contribution in [3.63, 3.8) is 0 Å². The van der Waals surface area contributed by atoms with Crippen LogP contribution in [-0.4, -0.2) is 16.7 Å². The number of rotatable bonds is 3. The van der Waals surface area contributed by atoms with E-state index in [0.717, 1.165) is 32.8 Å². The molecule has 1 heterocycles. The number of hydrogen-bond acceptors (Lipinski definition) is 2. The lowest BCUT2D eigenvalue weighted by Crippen LogP contribution is -2.00. The predicted octanol–water partition coefficient (Wildman–Crippen LogP) is 4.84. The molecule has 0 spiro atoms. The van der Waals surface area contributed by atoms with Gasteiger partial charge in [-0.15, -0.1) is 11.6 Å². The quantitative estimate of drug-likeness (QED) is 0.621. The second-order valence-corrected chi connectivity index (χ2v) is 6.02. The summed E-state index contributed by atoms with van der Waals surface area (Å²) >= 11 is 9.60. The van der Waals surface area contributed by atoms with Crippen LogP contribution in [0.15, 0.2) is 40.9 Å². The van der Waals surface area contributed by atoms with Crippen LogP contribution < -0.4 is 4.74 Å². The molecule has 0 unspecified atom stereocenters. The second-order valence-electron chi connectivity index (χ2n) is 4.84. The number of benzene rings is 2. The molecule has 0 saturated carbocycles. The Kier molecular flexibility index (Phi) is 3.91. The number of ether oxygens (including phenoxy) is 1. The summed E-state index contributed by atoms with van der Waals surface area (Å²) in [6.07, 6.45) is 0. The molecule has 0 fully saturated rings. The van der Waals surface area contributed by atoms with Gasteiger partial charge in [-0.05, 0) is 36.8 Å². The number of imidazole rings is 1. The normalized spacial score (nSPS) is 11.0. The number of hydrogen-bond donors (Lipinski definition) is 0. The zero-order valence-electron chi connectivity index (χ0n) is 11.7. The minimum atomic E-state index is 0.350. The summed E-state index contributed by atoms with van der Waals surface area (Å²) in [6.45, 7) is 2.06. The van der Waals surface area contributed by atoms with Gasteiger partial charge in [0.1, 0.15) is 11.6 Å². The van der Waals surface area contributed by atoms with Crippen molar-refractivity contribution in [1.82, 2.24) is 9.55 Å². The number of fused-ring (bicyclic) bond motifs is 1. The van der Waals surface area contributed by atoms with E-state index in [9.17, 15) is 0 Å². The van der Waals surface area contributed by atoms with Gasteiger partial charge < -0.3 is 4.74 Å². The molecule has 21 heavy (non-hydrogen) atoms. The molecule has 3 aromatic rings. The van der Waals surface area contributed by atoms with Gasteiger partial charge >= 0.3 is 0 Å². The summed E-state index contributed by atoms with van der Waals surface area (Å²) in [5.41, 5.74) is 4.14. The first-order valence-corrected chi connectivity index (χ1v) is 7.84. The molecule has 0 radical (unpaired) electrons. The Bertz CT molecular complexity index is 813. The van der Waals surface area contributed by atoms with Crippen LogP contribution in [0.2, 0.25) is 0 Å². The third-order valence-corrected chi connectivity index (χ3v) is 4.05. The first kappa shape index (κ1) is 14.4. The number of methoxy groups -OCH3 is 1. The molecule has 0 N–H and O–H groups in total. The minimum Gasteiger partial charge on any atom is -0.497 e. The molecule has 0 saturated heterocycles. The average Bonchev–Trinajstić information content (AvgIpc) is 2.83. The molecule has 0 aliphatic heterocycles. The summed E-state index contributed by atoms with van der Waals surface area (Å²) in [6, 6.07) is 12.1. The second kappa shape index (κ2) is 5.70. The lowest BCUT2D eigenvalue weighted by atomic mass is 10.2. The van der Waals surface area contributed by atoms with Gasteiger partial charge in [0, 0.05) is 10.5 Å². The van der Waals surface area contributed by atoms with Crippen LogP contribution in [0.25, 0.3) is 16.7 Å². The fourth-order valence-corrected chi connectivity index (χ4v) is 3.05. The summed E-state index contributed by atoms with van der Waals surface area (Å²) in [5, 5.41) is 0. The van der Waals surface area contributed by atoms with Gasteiger partial charge in [0.05, 0.1) is 29.7 Å². The first-order valence-electron chi connectivity index (χ1n) is 6.51. The maximum atomic E-state index is 6.08. The van der Waals surface area contributed by atoms with E-state index in [4.69, 9.17) is 16.3 Å². The molecule has 3 rings (SSSR count). The van der Waals surface area contributed by atoms with Crippen molar-refractivity contribution in [2.75, 3.05) is 7.11 Å². The molecule has 0 aliphatic carbocycles. The van der Waals surface area contributed by atoms with Crippen LogP contribution in [0.1, 0.15) is 11.4 Å². The third-order valence-electron chi connectivity index (χ3n) is 3.35. The predicted molar refractivity (Wildman–Crippen MR) is 89.6 cm³/mol. The standard InChI is InChI=1S/C16H14BrClN2O/c1-10-3-4-15-14(5-10)19-16(9-18)20(15)12-6-11(17)7-13(8-12)21-2/h3-8H,9H2,1-2H3. The van der Waals surface area contributed by atoms with Gasteiger partial charge in [-0.1, -0.05) is 22.0 Å². The number of aryl methyl sites for hydroxylation is 1. The number of alkyl halides is 1. The molecule has 0 bridgehead atoms. The van der Waals surface area contributed by atoms with Gasteiger partial charge in [0.2, 0.25) is 0 Å². The molecule has 1 aromatic heterocycles. The van der Waals surface area contributed by atoms with Crippen molar-refractivity contribution in [1.29, 1.82) is 0 Å². The Morgan fingerprint density at radius 1 is 1.24 bits per heavy atom. The number of nitrogens with zero attached hydrogens (tertiary/aromatic N) is 2. The average molecular weight is 366 g/mol. The Morgan fingerprint density at radius 3 is 2.76 bits per heavy atom. The smallest absolute Gasteiger partial charge is 0.129 e. The topological polar surface area (TPSA) is 27.1 Å². The van der Waals surface area contributed by atoms with Crippen molar-refractivity contribution < 1.29 is 4.74 Å². The van der Waals surface area contributed by atoms with Crippen molar-refractivity contribution in [2.45, 2.75) is 12.8 Å². The van der Waals surface area contributed by atoms with E-state index in [-0.39, 0.29) is 0 Å². The maximum absolute atomic E-state index is 6.08. The summed E-state index contributed by atoms with van der Waals surface area (Å²) in [4.78, 5) is 4.63. The third kappa shape index (κ3) is 2.65. The van der Waals surface area contributed by atoms with E-state index in [1.807, 2.05) is 18.2 Å². The highest BCUT2D eigenvalue weighted by Crippen LogP contribution is 2.28. The maximum Gasteiger partial charge on any atom is 0.129 e.